The van der Waals surface area contributed by atoms with Crippen molar-refractivity contribution >= 4 is 22.6 Å². The first kappa shape index (κ1) is 13.1. The van der Waals surface area contributed by atoms with Crippen molar-refractivity contribution in [3.05, 3.63) is 44.8 Å². The molecule has 0 fully saturated rings. The lowest BCUT2D eigenvalue weighted by molar-refractivity contribution is 0.346. The van der Waals surface area contributed by atoms with Gasteiger partial charge in [-0.2, -0.15) is 0 Å². The lowest BCUT2D eigenvalue weighted by Gasteiger charge is -2.15. The maximum absolute atomic E-state index is 11.6. The molecule has 0 amide bonds. The van der Waals surface area contributed by atoms with Crippen LogP contribution in [0, 0.1) is 6.92 Å². The van der Waals surface area contributed by atoms with E-state index in [9.17, 15) is 4.79 Å². The van der Waals surface area contributed by atoms with Gasteiger partial charge >= 0.3 is 5.63 Å². The zero-order valence-electron chi connectivity index (χ0n) is 10.8. The predicted octanol–water partition coefficient (Wildman–Crippen LogP) is 3.21. The van der Waals surface area contributed by atoms with E-state index in [1.807, 2.05) is 26.1 Å². The Balaban J connectivity index is 2.64. The van der Waals surface area contributed by atoms with Crippen LogP contribution in [-0.4, -0.2) is 18.5 Å². The smallest absolute Gasteiger partial charge is 0.336 e. The average Bonchev–Trinajstić information content (AvgIpc) is 2.31. The summed E-state index contributed by atoms with van der Waals surface area (Å²) < 4.78 is 5.22. The molecule has 0 spiro atoms. The van der Waals surface area contributed by atoms with Gasteiger partial charge in [0.1, 0.15) is 5.58 Å². The Bertz CT molecular complexity index is 633. The summed E-state index contributed by atoms with van der Waals surface area (Å²) in [7, 11) is 2.01. The number of hydrogen-bond acceptors (Lipinski definition) is 3. The minimum Gasteiger partial charge on any atom is -0.423 e. The molecule has 0 atom stereocenters. The third-order valence-electron chi connectivity index (χ3n) is 3.09. The molecule has 0 radical (unpaired) electrons. The van der Waals surface area contributed by atoms with Gasteiger partial charge in [0.15, 0.2) is 0 Å². The van der Waals surface area contributed by atoms with E-state index in [2.05, 4.69) is 11.8 Å². The summed E-state index contributed by atoms with van der Waals surface area (Å²) in [5.41, 5.74) is 2.15. The minimum atomic E-state index is -0.316. The van der Waals surface area contributed by atoms with Crippen molar-refractivity contribution in [2.75, 3.05) is 13.6 Å². The van der Waals surface area contributed by atoms with Crippen LogP contribution in [0.1, 0.15) is 18.1 Å². The topological polar surface area (TPSA) is 33.5 Å². The summed E-state index contributed by atoms with van der Waals surface area (Å²) in [6.07, 6.45) is 0. The van der Waals surface area contributed by atoms with Crippen LogP contribution >= 0.6 is 11.6 Å². The highest BCUT2D eigenvalue weighted by Gasteiger charge is 2.09. The predicted molar refractivity (Wildman–Crippen MR) is 74.2 cm³/mol. The second kappa shape index (κ2) is 5.12. The lowest BCUT2D eigenvalue weighted by atomic mass is 10.1. The lowest BCUT2D eigenvalue weighted by Crippen LogP contribution is -2.18. The van der Waals surface area contributed by atoms with E-state index in [0.717, 1.165) is 23.1 Å². The standard InChI is InChI=1S/C14H16ClNO2/c1-4-16(3)8-10-6-14(17)18-13-5-9(2)12(15)7-11(10)13/h5-7H,4,8H2,1-3H3. The average molecular weight is 266 g/mol. The molecule has 1 heterocycles. The van der Waals surface area contributed by atoms with Crippen LogP contribution in [0.5, 0.6) is 0 Å². The number of fused-ring (bicyclic) bond motifs is 1. The zero-order valence-corrected chi connectivity index (χ0v) is 11.5. The summed E-state index contributed by atoms with van der Waals surface area (Å²) in [5, 5.41) is 1.60. The van der Waals surface area contributed by atoms with Gasteiger partial charge < -0.3 is 9.32 Å². The van der Waals surface area contributed by atoms with Crippen LogP contribution < -0.4 is 5.63 Å². The summed E-state index contributed by atoms with van der Waals surface area (Å²) >= 11 is 6.14. The Morgan fingerprint density at radius 3 is 2.72 bits per heavy atom. The number of halogens is 1. The molecule has 4 heteroatoms. The van der Waals surface area contributed by atoms with Crippen molar-refractivity contribution in [2.24, 2.45) is 0 Å². The fourth-order valence-corrected chi connectivity index (χ4v) is 2.05. The van der Waals surface area contributed by atoms with Gasteiger partial charge in [-0.1, -0.05) is 18.5 Å². The molecule has 0 aliphatic heterocycles. The highest BCUT2D eigenvalue weighted by atomic mass is 35.5. The van der Waals surface area contributed by atoms with Crippen LogP contribution in [0.25, 0.3) is 11.0 Å². The number of hydrogen-bond donors (Lipinski definition) is 0. The van der Waals surface area contributed by atoms with E-state index in [1.54, 1.807) is 6.07 Å². The van der Waals surface area contributed by atoms with Gasteiger partial charge in [0.2, 0.25) is 0 Å². The molecular weight excluding hydrogens is 250 g/mol. The molecular formula is C14H16ClNO2. The molecule has 3 nitrogen and oxygen atoms in total. The van der Waals surface area contributed by atoms with E-state index in [4.69, 9.17) is 16.0 Å². The van der Waals surface area contributed by atoms with Crippen LogP contribution in [0.2, 0.25) is 5.02 Å². The molecule has 0 saturated heterocycles. The molecule has 0 unspecified atom stereocenters. The van der Waals surface area contributed by atoms with Gasteiger partial charge in [0.25, 0.3) is 0 Å². The fourth-order valence-electron chi connectivity index (χ4n) is 1.88. The van der Waals surface area contributed by atoms with Gasteiger partial charge in [0, 0.05) is 23.0 Å². The van der Waals surface area contributed by atoms with Gasteiger partial charge in [-0.3, -0.25) is 0 Å². The molecule has 0 aliphatic carbocycles. The molecule has 1 aromatic carbocycles. The highest BCUT2D eigenvalue weighted by Crippen LogP contribution is 2.25. The summed E-state index contributed by atoms with van der Waals surface area (Å²) in [5.74, 6) is 0. The number of rotatable bonds is 3. The molecule has 2 aromatic rings. The van der Waals surface area contributed by atoms with Crippen molar-refractivity contribution in [2.45, 2.75) is 20.4 Å². The first-order valence-corrected chi connectivity index (χ1v) is 6.30. The largest absolute Gasteiger partial charge is 0.423 e. The van der Waals surface area contributed by atoms with Gasteiger partial charge in [-0.25, -0.2) is 4.79 Å². The van der Waals surface area contributed by atoms with Crippen molar-refractivity contribution < 1.29 is 4.42 Å². The zero-order chi connectivity index (χ0) is 13.3. The molecule has 0 saturated carbocycles. The maximum Gasteiger partial charge on any atom is 0.336 e. The first-order valence-electron chi connectivity index (χ1n) is 5.92. The summed E-state index contributed by atoms with van der Waals surface area (Å²) in [4.78, 5) is 13.7. The van der Waals surface area contributed by atoms with Crippen LogP contribution in [0.3, 0.4) is 0 Å². The van der Waals surface area contributed by atoms with Crippen molar-refractivity contribution in [1.82, 2.24) is 4.90 Å². The second-order valence-electron chi connectivity index (χ2n) is 4.52. The molecule has 96 valence electrons. The second-order valence-corrected chi connectivity index (χ2v) is 4.93. The Hall–Kier alpha value is -1.32. The van der Waals surface area contributed by atoms with E-state index in [-0.39, 0.29) is 5.63 Å². The normalized spacial score (nSPS) is 11.4. The first-order chi connectivity index (χ1) is 8.51. The summed E-state index contributed by atoms with van der Waals surface area (Å²) in [6.45, 7) is 5.59. The molecule has 0 N–H and O–H groups in total. The third-order valence-corrected chi connectivity index (χ3v) is 3.50. The molecule has 1 aromatic heterocycles. The van der Waals surface area contributed by atoms with Crippen molar-refractivity contribution in [3.63, 3.8) is 0 Å². The van der Waals surface area contributed by atoms with E-state index >= 15 is 0 Å². The third kappa shape index (κ3) is 2.57. The highest BCUT2D eigenvalue weighted by molar-refractivity contribution is 6.32. The van der Waals surface area contributed by atoms with Gasteiger partial charge in [-0.15, -0.1) is 0 Å². The van der Waals surface area contributed by atoms with Gasteiger partial charge in [-0.05, 0) is 43.8 Å². The molecule has 2 rings (SSSR count). The Labute approximate surface area is 111 Å². The van der Waals surface area contributed by atoms with E-state index < -0.39 is 0 Å². The van der Waals surface area contributed by atoms with Crippen LogP contribution in [-0.2, 0) is 6.54 Å². The summed E-state index contributed by atoms with van der Waals surface area (Å²) in [6, 6.07) is 5.22. The van der Waals surface area contributed by atoms with Crippen molar-refractivity contribution in [3.8, 4) is 0 Å². The Morgan fingerprint density at radius 2 is 2.06 bits per heavy atom. The van der Waals surface area contributed by atoms with E-state index in [0.29, 0.717) is 17.2 Å². The quantitative estimate of drug-likeness (QED) is 0.799. The van der Waals surface area contributed by atoms with E-state index in [1.165, 1.54) is 0 Å². The minimum absolute atomic E-state index is 0.316. The monoisotopic (exact) mass is 265 g/mol. The number of benzene rings is 1. The molecule has 0 aliphatic rings. The SMILES string of the molecule is CCN(C)Cc1cc(=O)oc2cc(C)c(Cl)cc12. The van der Waals surface area contributed by atoms with Crippen molar-refractivity contribution in [1.29, 1.82) is 0 Å². The van der Waals surface area contributed by atoms with Gasteiger partial charge in [0.05, 0.1) is 0 Å². The molecule has 18 heavy (non-hydrogen) atoms. The maximum atomic E-state index is 11.6. The number of nitrogens with zero attached hydrogens (tertiary/aromatic N) is 1. The van der Waals surface area contributed by atoms with Crippen LogP contribution in [0.15, 0.2) is 27.4 Å². The molecule has 0 bridgehead atoms. The fraction of sp³-hybridized carbons (Fsp3) is 0.357. The van der Waals surface area contributed by atoms with Crippen LogP contribution in [0.4, 0.5) is 0 Å². The Morgan fingerprint density at radius 1 is 1.33 bits per heavy atom. The Kier molecular flexibility index (Phi) is 3.73. The number of aryl methyl sites for hydroxylation is 1.